The average molecular weight is 184 g/mol. The molecule has 1 aliphatic heterocycles. The van der Waals surface area contributed by atoms with Crippen LogP contribution in [-0.4, -0.2) is 0 Å². The Bertz CT molecular complexity index is 397. The van der Waals surface area contributed by atoms with Gasteiger partial charge in [0.15, 0.2) is 37.9 Å². The maximum Gasteiger partial charge on any atom is 0.179 e. The topological polar surface area (TPSA) is 7.76 Å². The molecule has 0 aromatic carbocycles. The zero-order valence-electron chi connectivity index (χ0n) is 7.93. The number of nitrogens with zero attached hydrogens (tertiary/aromatic N) is 2. The molecule has 0 radical (unpaired) electrons. The van der Waals surface area contributed by atoms with Gasteiger partial charge in [-0.25, -0.2) is 9.13 Å². The largest absolute Gasteiger partial charge is 0.200 e. The summed E-state index contributed by atoms with van der Waals surface area (Å²) in [4.78, 5) is 0. The van der Waals surface area contributed by atoms with Gasteiger partial charge in [-0.05, 0) is 12.1 Å². The molecule has 0 aliphatic carbocycles. The van der Waals surface area contributed by atoms with Crippen LogP contribution in [0.2, 0.25) is 0 Å². The van der Waals surface area contributed by atoms with Crippen molar-refractivity contribution in [3.63, 3.8) is 0 Å². The number of fused-ring (bicyclic) bond motifs is 4. The summed E-state index contributed by atoms with van der Waals surface area (Å²) in [6, 6.07) is 8.56. The summed E-state index contributed by atoms with van der Waals surface area (Å²) in [6.45, 7) is 1.93. The van der Waals surface area contributed by atoms with Crippen LogP contribution in [0.1, 0.15) is 11.1 Å². The fraction of sp³-hybridized carbons (Fsp3) is 0.167. The van der Waals surface area contributed by atoms with Crippen LogP contribution in [0.4, 0.5) is 0 Å². The van der Waals surface area contributed by atoms with Crippen LogP contribution in [0.5, 0.6) is 0 Å². The Labute approximate surface area is 83.1 Å². The molecule has 0 atom stereocenters. The average Bonchev–Trinajstić information content (AvgIpc) is 2.17. The van der Waals surface area contributed by atoms with Crippen LogP contribution < -0.4 is 9.13 Å². The summed E-state index contributed by atoms with van der Waals surface area (Å²) in [5.74, 6) is 0. The zero-order chi connectivity index (χ0) is 9.38. The normalized spacial score (nSPS) is 13.1. The maximum atomic E-state index is 2.23. The van der Waals surface area contributed by atoms with E-state index in [1.165, 1.54) is 11.1 Å². The molecule has 4 bridgehead atoms. The molecule has 0 saturated carbocycles. The highest BCUT2D eigenvalue weighted by Crippen LogP contribution is 2.01. The molecule has 3 heterocycles. The van der Waals surface area contributed by atoms with Crippen molar-refractivity contribution in [2.75, 3.05) is 0 Å². The van der Waals surface area contributed by atoms with Crippen LogP contribution in [0, 0.1) is 0 Å². The fourth-order valence-electron chi connectivity index (χ4n) is 1.96. The van der Waals surface area contributed by atoms with E-state index in [9.17, 15) is 0 Å². The van der Waals surface area contributed by atoms with Gasteiger partial charge in [0.2, 0.25) is 0 Å². The van der Waals surface area contributed by atoms with Gasteiger partial charge in [0.1, 0.15) is 0 Å². The Morgan fingerprint density at radius 2 is 1.29 bits per heavy atom. The maximum absolute atomic E-state index is 2.23. The molecule has 2 aromatic heterocycles. The number of aromatic nitrogens is 2. The molecule has 1 aliphatic rings. The van der Waals surface area contributed by atoms with E-state index in [1.807, 2.05) is 0 Å². The minimum atomic E-state index is 0.967. The van der Waals surface area contributed by atoms with Gasteiger partial charge in [0.25, 0.3) is 0 Å². The third-order valence-electron chi connectivity index (χ3n) is 2.57. The van der Waals surface area contributed by atoms with E-state index in [0.29, 0.717) is 0 Å². The summed E-state index contributed by atoms with van der Waals surface area (Å²) < 4.78 is 4.46. The van der Waals surface area contributed by atoms with E-state index in [-0.39, 0.29) is 0 Å². The third kappa shape index (κ3) is 1.29. The fourth-order valence-corrected chi connectivity index (χ4v) is 1.96. The number of hydrogen-bond donors (Lipinski definition) is 0. The summed E-state index contributed by atoms with van der Waals surface area (Å²) in [6.07, 6.45) is 8.66. The lowest BCUT2D eigenvalue weighted by atomic mass is 10.2. The van der Waals surface area contributed by atoms with Crippen LogP contribution >= 0.6 is 0 Å². The molecule has 2 heteroatoms. The van der Waals surface area contributed by atoms with E-state index in [0.717, 1.165) is 13.1 Å². The van der Waals surface area contributed by atoms with Crippen molar-refractivity contribution in [1.29, 1.82) is 0 Å². The predicted molar refractivity (Wildman–Crippen MR) is 51.5 cm³/mol. The van der Waals surface area contributed by atoms with Gasteiger partial charge >= 0.3 is 0 Å². The standard InChI is InChI=1S/C12H12N2/c1-3-11-7-13(5-1)10-12-4-2-6-14(8-12)9-11/h1-8H,9-10H2/q+2. The van der Waals surface area contributed by atoms with Gasteiger partial charge < -0.3 is 0 Å². The van der Waals surface area contributed by atoms with Crippen LogP contribution in [0.25, 0.3) is 0 Å². The molecule has 0 unspecified atom stereocenters. The zero-order valence-corrected chi connectivity index (χ0v) is 7.93. The van der Waals surface area contributed by atoms with Gasteiger partial charge in [-0.3, -0.25) is 0 Å². The number of rotatable bonds is 0. The van der Waals surface area contributed by atoms with Crippen molar-refractivity contribution in [2.24, 2.45) is 0 Å². The molecule has 0 amide bonds. The Morgan fingerprint density at radius 1 is 0.786 bits per heavy atom. The molecule has 68 valence electrons. The minimum Gasteiger partial charge on any atom is -0.200 e. The third-order valence-corrected chi connectivity index (χ3v) is 2.57. The first-order valence-corrected chi connectivity index (χ1v) is 4.86. The molecule has 0 spiro atoms. The van der Waals surface area contributed by atoms with Crippen LogP contribution in [0.3, 0.4) is 0 Å². The summed E-state index contributed by atoms with van der Waals surface area (Å²) in [7, 11) is 0. The van der Waals surface area contributed by atoms with Gasteiger partial charge in [0, 0.05) is 12.1 Å². The quantitative estimate of drug-likeness (QED) is 0.454. The van der Waals surface area contributed by atoms with E-state index in [2.05, 4.69) is 58.2 Å². The van der Waals surface area contributed by atoms with E-state index in [1.54, 1.807) is 0 Å². The summed E-state index contributed by atoms with van der Waals surface area (Å²) >= 11 is 0. The second-order valence-corrected chi connectivity index (χ2v) is 3.77. The van der Waals surface area contributed by atoms with E-state index >= 15 is 0 Å². The number of pyridine rings is 2. The lowest BCUT2D eigenvalue weighted by Gasteiger charge is -2.03. The summed E-state index contributed by atoms with van der Waals surface area (Å²) in [5, 5.41) is 0. The minimum absolute atomic E-state index is 0.967. The first-order valence-electron chi connectivity index (χ1n) is 4.86. The second kappa shape index (κ2) is 2.91. The number of hydrogen-bond acceptors (Lipinski definition) is 0. The molecule has 2 aromatic rings. The van der Waals surface area contributed by atoms with Crippen molar-refractivity contribution in [3.05, 3.63) is 60.2 Å². The Kier molecular flexibility index (Phi) is 1.60. The monoisotopic (exact) mass is 184 g/mol. The molecule has 0 N–H and O–H groups in total. The van der Waals surface area contributed by atoms with Gasteiger partial charge in [0.05, 0.1) is 11.1 Å². The molecule has 14 heavy (non-hydrogen) atoms. The van der Waals surface area contributed by atoms with Gasteiger partial charge in [-0.1, -0.05) is 0 Å². The SMILES string of the molecule is c1cc2c[n+](c1)Cc1ccc[n+](c1)C2. The van der Waals surface area contributed by atoms with E-state index in [4.69, 9.17) is 0 Å². The Balaban J connectivity index is 2.17. The molecule has 3 rings (SSSR count). The van der Waals surface area contributed by atoms with Gasteiger partial charge in [-0.2, -0.15) is 0 Å². The summed E-state index contributed by atoms with van der Waals surface area (Å²) in [5.41, 5.74) is 2.71. The highest BCUT2D eigenvalue weighted by atomic mass is 15.0. The smallest absolute Gasteiger partial charge is 0.179 e. The lowest BCUT2D eigenvalue weighted by Crippen LogP contribution is -2.41. The van der Waals surface area contributed by atoms with E-state index < -0.39 is 0 Å². The molecule has 2 nitrogen and oxygen atoms in total. The van der Waals surface area contributed by atoms with Crippen molar-refractivity contribution in [3.8, 4) is 0 Å². The van der Waals surface area contributed by atoms with Crippen LogP contribution in [0.15, 0.2) is 49.1 Å². The molecular formula is C12H12N2+2. The highest BCUT2D eigenvalue weighted by Gasteiger charge is 2.14. The van der Waals surface area contributed by atoms with Gasteiger partial charge in [-0.15, -0.1) is 0 Å². The van der Waals surface area contributed by atoms with Crippen LogP contribution in [-0.2, 0) is 13.1 Å². The predicted octanol–water partition coefficient (Wildman–Crippen LogP) is 0.672. The van der Waals surface area contributed by atoms with Crippen molar-refractivity contribution in [2.45, 2.75) is 13.1 Å². The van der Waals surface area contributed by atoms with Crippen molar-refractivity contribution in [1.82, 2.24) is 0 Å². The first-order chi connectivity index (χ1) is 6.90. The molecule has 0 saturated heterocycles. The second-order valence-electron chi connectivity index (χ2n) is 3.77. The Hall–Kier alpha value is -1.70. The van der Waals surface area contributed by atoms with Crippen molar-refractivity contribution >= 4 is 0 Å². The lowest BCUT2D eigenvalue weighted by molar-refractivity contribution is -0.713. The first kappa shape index (κ1) is 7.68. The molecular weight excluding hydrogens is 172 g/mol. The van der Waals surface area contributed by atoms with Crippen molar-refractivity contribution < 1.29 is 9.13 Å². The molecule has 0 fully saturated rings. The highest BCUT2D eigenvalue weighted by molar-refractivity contribution is 5.08. The Morgan fingerprint density at radius 3 is 1.79 bits per heavy atom.